The Hall–Kier alpha value is -0.570. The predicted molar refractivity (Wildman–Crippen MR) is 48.3 cm³/mol. The summed E-state index contributed by atoms with van der Waals surface area (Å²) in [6, 6.07) is 0. The smallest absolute Gasteiger partial charge is 0.184 e. The van der Waals surface area contributed by atoms with E-state index in [1.54, 1.807) is 12.2 Å². The van der Waals surface area contributed by atoms with Gasteiger partial charge in [-0.05, 0) is 25.8 Å². The van der Waals surface area contributed by atoms with Crippen molar-refractivity contribution in [1.82, 2.24) is 0 Å². The van der Waals surface area contributed by atoms with Gasteiger partial charge in [-0.1, -0.05) is 19.4 Å². The minimum atomic E-state index is -2.02. The van der Waals surface area contributed by atoms with Crippen LogP contribution in [0.3, 0.4) is 0 Å². The van der Waals surface area contributed by atoms with E-state index in [4.69, 9.17) is 0 Å². The van der Waals surface area contributed by atoms with E-state index in [0.29, 0.717) is 11.3 Å². The van der Waals surface area contributed by atoms with Crippen molar-refractivity contribution in [2.24, 2.45) is 0 Å². The van der Waals surface area contributed by atoms with Gasteiger partial charge in [0.05, 0.1) is 4.86 Å². The summed E-state index contributed by atoms with van der Waals surface area (Å²) in [6.45, 7) is 3.86. The highest BCUT2D eigenvalue weighted by Gasteiger charge is 1.94. The van der Waals surface area contributed by atoms with Crippen LogP contribution in [0.4, 0.5) is 0 Å². The first kappa shape index (κ1) is 10.4. The molecule has 0 heterocycles. The molecule has 0 radical (unpaired) electrons. The third-order valence-electron chi connectivity index (χ3n) is 1.34. The van der Waals surface area contributed by atoms with Gasteiger partial charge in [0.1, 0.15) is 0 Å². The van der Waals surface area contributed by atoms with Gasteiger partial charge in [-0.15, -0.1) is 0 Å². The molecule has 0 spiro atoms. The first-order chi connectivity index (χ1) is 5.22. The lowest BCUT2D eigenvalue weighted by atomic mass is 10.2. The van der Waals surface area contributed by atoms with Crippen LogP contribution in [-0.4, -0.2) is 13.3 Å². The fourth-order valence-corrected chi connectivity index (χ4v) is 1.32. The largest absolute Gasteiger partial charge is 0.217 e. The van der Waals surface area contributed by atoms with E-state index in [1.807, 2.05) is 13.8 Å². The van der Waals surface area contributed by atoms with Crippen molar-refractivity contribution in [3.05, 3.63) is 12.2 Å². The molecule has 0 fully saturated rings. The third kappa shape index (κ3) is 4.79. The first-order valence-electron chi connectivity index (χ1n) is 3.80. The van der Waals surface area contributed by atoms with Crippen molar-refractivity contribution in [2.75, 3.05) is 0 Å². The second-order valence-electron chi connectivity index (χ2n) is 2.30. The maximum Gasteiger partial charge on any atom is 0.217 e. The molecule has 0 bridgehead atoms. The second kappa shape index (κ2) is 6.16. The Kier molecular flexibility index (Phi) is 5.84. The fourth-order valence-electron chi connectivity index (χ4n) is 0.759. The summed E-state index contributed by atoms with van der Waals surface area (Å²) >= 11 is 0. The summed E-state index contributed by atoms with van der Waals surface area (Å²) in [6.07, 6.45) is 6.03. The summed E-state index contributed by atoms with van der Waals surface area (Å²) < 4.78 is 21.0. The molecule has 11 heavy (non-hydrogen) atoms. The van der Waals surface area contributed by atoms with E-state index in [2.05, 4.69) is 0 Å². The second-order valence-corrected chi connectivity index (χ2v) is 3.30. The Morgan fingerprint density at radius 3 is 2.45 bits per heavy atom. The van der Waals surface area contributed by atoms with Crippen LogP contribution in [-0.2, 0) is 10.3 Å². The lowest BCUT2D eigenvalue weighted by molar-refractivity contribution is 0.626. The Labute approximate surface area is 69.5 Å². The van der Waals surface area contributed by atoms with Crippen molar-refractivity contribution in [2.45, 2.75) is 33.1 Å². The molecule has 0 rings (SSSR count). The number of hydrogen-bond donors (Lipinski definition) is 0. The highest BCUT2D eigenvalue weighted by atomic mass is 32.2. The molecule has 0 saturated carbocycles. The summed E-state index contributed by atoms with van der Waals surface area (Å²) in [5.74, 6) is 0. The molecule has 0 aromatic rings. The van der Waals surface area contributed by atoms with Crippen LogP contribution in [0.1, 0.15) is 33.1 Å². The van der Waals surface area contributed by atoms with Crippen LogP contribution >= 0.6 is 0 Å². The number of allylic oxidation sites excluding steroid dienone is 2. The minimum absolute atomic E-state index is 0.509. The summed E-state index contributed by atoms with van der Waals surface area (Å²) in [4.78, 5) is 0.509. The summed E-state index contributed by atoms with van der Waals surface area (Å²) in [5, 5.41) is 0. The van der Waals surface area contributed by atoms with Crippen LogP contribution in [0.15, 0.2) is 12.2 Å². The SMILES string of the molecule is CC=CC(CCCC)=S(=O)=O. The van der Waals surface area contributed by atoms with Gasteiger partial charge < -0.3 is 0 Å². The van der Waals surface area contributed by atoms with Gasteiger partial charge in [-0.2, -0.15) is 8.42 Å². The van der Waals surface area contributed by atoms with Gasteiger partial charge in [0, 0.05) is 0 Å². The Morgan fingerprint density at radius 1 is 1.45 bits per heavy atom. The molecule has 0 N–H and O–H groups in total. The van der Waals surface area contributed by atoms with E-state index < -0.39 is 10.3 Å². The highest BCUT2D eigenvalue weighted by Crippen LogP contribution is 1.96. The normalized spacial score (nSPS) is 10.4. The molecule has 3 heteroatoms. The van der Waals surface area contributed by atoms with E-state index in [0.717, 1.165) is 12.8 Å². The predicted octanol–water partition coefficient (Wildman–Crippen LogP) is 1.80. The molecular formula is C8H14O2S. The lowest BCUT2D eigenvalue weighted by Gasteiger charge is -1.92. The lowest BCUT2D eigenvalue weighted by Crippen LogP contribution is -1.94. The van der Waals surface area contributed by atoms with Gasteiger partial charge >= 0.3 is 0 Å². The quantitative estimate of drug-likeness (QED) is 0.481. The van der Waals surface area contributed by atoms with Gasteiger partial charge in [0.25, 0.3) is 0 Å². The maximum absolute atomic E-state index is 10.5. The van der Waals surface area contributed by atoms with Crippen LogP contribution in [0, 0.1) is 0 Å². The first-order valence-corrected chi connectivity index (χ1v) is 4.87. The zero-order valence-electron chi connectivity index (χ0n) is 7.00. The van der Waals surface area contributed by atoms with Crippen molar-refractivity contribution < 1.29 is 8.42 Å². The molecule has 0 unspecified atom stereocenters. The van der Waals surface area contributed by atoms with Gasteiger partial charge in [-0.25, -0.2) is 0 Å². The molecule has 0 aliphatic heterocycles. The number of unbranched alkanes of at least 4 members (excludes halogenated alkanes) is 1. The Bertz CT molecular complexity index is 239. The van der Waals surface area contributed by atoms with Gasteiger partial charge in [0.2, 0.25) is 10.3 Å². The van der Waals surface area contributed by atoms with E-state index in [9.17, 15) is 8.42 Å². The molecule has 0 aliphatic carbocycles. The van der Waals surface area contributed by atoms with Gasteiger partial charge in [0.15, 0.2) is 0 Å². The van der Waals surface area contributed by atoms with Crippen LogP contribution in [0.5, 0.6) is 0 Å². The molecule has 0 aromatic heterocycles. The Morgan fingerprint density at radius 2 is 2.09 bits per heavy atom. The molecule has 0 aromatic carbocycles. The zero-order chi connectivity index (χ0) is 8.69. The topological polar surface area (TPSA) is 34.1 Å². The molecule has 64 valence electrons. The molecule has 0 amide bonds. The van der Waals surface area contributed by atoms with Crippen LogP contribution in [0.2, 0.25) is 0 Å². The summed E-state index contributed by atoms with van der Waals surface area (Å²) in [7, 11) is -2.02. The molecular weight excluding hydrogens is 160 g/mol. The molecule has 0 aliphatic rings. The molecule has 2 nitrogen and oxygen atoms in total. The molecule has 0 atom stereocenters. The average molecular weight is 174 g/mol. The third-order valence-corrected chi connectivity index (χ3v) is 2.11. The molecule has 0 saturated heterocycles. The maximum atomic E-state index is 10.5. The minimum Gasteiger partial charge on any atom is -0.184 e. The monoisotopic (exact) mass is 174 g/mol. The van der Waals surface area contributed by atoms with E-state index >= 15 is 0 Å². The van der Waals surface area contributed by atoms with Crippen molar-refractivity contribution >= 4 is 15.2 Å². The number of hydrogen-bond acceptors (Lipinski definition) is 2. The average Bonchev–Trinajstić information content (AvgIpc) is 1.97. The van der Waals surface area contributed by atoms with Crippen LogP contribution in [0.25, 0.3) is 0 Å². The van der Waals surface area contributed by atoms with E-state index in [1.165, 1.54) is 0 Å². The summed E-state index contributed by atoms with van der Waals surface area (Å²) in [5.41, 5.74) is 0. The standard InChI is InChI=1S/C8H14O2S/c1-3-5-7-8(6-4-2)11(9)10/h4,6H,3,5,7H2,1-2H3. The van der Waals surface area contributed by atoms with E-state index in [-0.39, 0.29) is 0 Å². The van der Waals surface area contributed by atoms with Crippen molar-refractivity contribution in [3.8, 4) is 0 Å². The number of rotatable bonds is 4. The van der Waals surface area contributed by atoms with Gasteiger partial charge in [-0.3, -0.25) is 0 Å². The fraction of sp³-hybridized carbons (Fsp3) is 0.625. The van der Waals surface area contributed by atoms with Crippen LogP contribution < -0.4 is 0 Å². The van der Waals surface area contributed by atoms with Crippen molar-refractivity contribution in [1.29, 1.82) is 0 Å². The zero-order valence-corrected chi connectivity index (χ0v) is 7.82. The highest BCUT2D eigenvalue weighted by molar-refractivity contribution is 7.73. The van der Waals surface area contributed by atoms with Crippen molar-refractivity contribution in [3.63, 3.8) is 0 Å². The Balaban J connectivity index is 4.27.